The van der Waals surface area contributed by atoms with Crippen LogP contribution >= 0.6 is 0 Å². The van der Waals surface area contributed by atoms with Crippen LogP contribution in [0.25, 0.3) is 5.83 Å². The van der Waals surface area contributed by atoms with Crippen LogP contribution in [0.2, 0.25) is 0 Å². The minimum Gasteiger partial charge on any atom is -0.383 e. The first-order valence-electron chi connectivity index (χ1n) is 8.06. The molecule has 2 aromatic heterocycles. The maximum absolute atomic E-state index is 13.8. The third-order valence-electron chi connectivity index (χ3n) is 4.16. The fourth-order valence-corrected chi connectivity index (χ4v) is 2.89. The average molecular weight is 343 g/mol. The van der Waals surface area contributed by atoms with E-state index in [0.717, 1.165) is 19.6 Å². The number of piperazine rings is 1. The molecule has 0 saturated carbocycles. The Labute approximate surface area is 147 Å². The summed E-state index contributed by atoms with van der Waals surface area (Å²) in [6.45, 7) is 7.72. The molecule has 7 heteroatoms. The summed E-state index contributed by atoms with van der Waals surface area (Å²) in [4.78, 5) is 23.3. The van der Waals surface area contributed by atoms with E-state index in [1.54, 1.807) is 18.2 Å². The zero-order chi connectivity index (χ0) is 18.0. The zero-order valence-corrected chi connectivity index (χ0v) is 14.0. The molecule has 0 aromatic carbocycles. The largest absolute Gasteiger partial charge is 0.383 e. The second-order valence-electron chi connectivity index (χ2n) is 6.04. The summed E-state index contributed by atoms with van der Waals surface area (Å²) in [5.41, 5.74) is 6.05. The fraction of sp³-hybridized carbons (Fsp3) is 0.278. The molecule has 3 heterocycles. The number of hydrogen-bond acceptors (Lipinski definition) is 6. The Bertz CT molecular complexity index is 829. The van der Waals surface area contributed by atoms with Crippen LogP contribution in [-0.4, -0.2) is 41.4 Å². The lowest BCUT2D eigenvalue weighted by Gasteiger charge is -2.33. The van der Waals surface area contributed by atoms with Crippen molar-refractivity contribution in [3.05, 3.63) is 53.9 Å². The normalized spacial score (nSPS) is 17.4. The Morgan fingerprint density at radius 1 is 1.44 bits per heavy atom. The van der Waals surface area contributed by atoms with Gasteiger partial charge in [0.25, 0.3) is 0 Å². The summed E-state index contributed by atoms with van der Waals surface area (Å²) in [6, 6.07) is 6.71. The quantitative estimate of drug-likeness (QED) is 0.829. The van der Waals surface area contributed by atoms with Crippen molar-refractivity contribution in [1.29, 1.82) is 0 Å². The van der Waals surface area contributed by atoms with Crippen LogP contribution in [0.1, 0.15) is 30.0 Å². The molecule has 0 bridgehead atoms. The van der Waals surface area contributed by atoms with Gasteiger partial charge in [-0.2, -0.15) is 0 Å². The summed E-state index contributed by atoms with van der Waals surface area (Å²) in [5.74, 6) is -0.460. The predicted octanol–water partition coefficient (Wildman–Crippen LogP) is 2.27. The van der Waals surface area contributed by atoms with Gasteiger partial charge in [0, 0.05) is 38.9 Å². The first kappa shape index (κ1) is 17.0. The number of rotatable bonds is 4. The van der Waals surface area contributed by atoms with Crippen LogP contribution in [0.5, 0.6) is 0 Å². The van der Waals surface area contributed by atoms with E-state index in [1.807, 2.05) is 0 Å². The predicted molar refractivity (Wildman–Crippen MR) is 98.3 cm³/mol. The van der Waals surface area contributed by atoms with Crippen molar-refractivity contribution in [2.75, 3.05) is 30.3 Å². The molecule has 3 N–H and O–H groups in total. The Morgan fingerprint density at radius 3 is 2.92 bits per heavy atom. The Morgan fingerprint density at radius 2 is 2.24 bits per heavy atom. The van der Waals surface area contributed by atoms with E-state index in [-0.39, 0.29) is 24.1 Å². The van der Waals surface area contributed by atoms with Crippen LogP contribution in [0.15, 0.2) is 37.0 Å². The minimum atomic E-state index is -0.710. The average Bonchev–Trinajstić information content (AvgIpc) is 2.61. The maximum Gasteiger partial charge on any atom is 0.215 e. The summed E-state index contributed by atoms with van der Waals surface area (Å²) in [6.07, 6.45) is 1.49. The van der Waals surface area contributed by atoms with E-state index < -0.39 is 11.6 Å². The topological polar surface area (TPSA) is 84.1 Å². The lowest BCUT2D eigenvalue weighted by Crippen LogP contribution is -2.49. The molecule has 0 unspecified atom stereocenters. The second-order valence-corrected chi connectivity index (χ2v) is 6.04. The number of nitrogens with two attached hydrogens (primary N) is 1. The molecule has 3 rings (SSSR count). The highest BCUT2D eigenvalue weighted by molar-refractivity contribution is 6.12. The number of pyridine rings is 2. The SMILES string of the molecule is C=C(F)c1ccc(N2CCN[C@@H](C)C2)nc1C(=O)c1cccnc1N.[HH]. The molecule has 6 nitrogen and oxygen atoms in total. The van der Waals surface area contributed by atoms with Crippen molar-refractivity contribution in [2.45, 2.75) is 13.0 Å². The summed E-state index contributed by atoms with van der Waals surface area (Å²) < 4.78 is 13.8. The number of carbonyl (C=O) groups excluding carboxylic acids is 1. The number of carbonyl (C=O) groups is 1. The van der Waals surface area contributed by atoms with Gasteiger partial charge in [-0.1, -0.05) is 6.58 Å². The van der Waals surface area contributed by atoms with Gasteiger partial charge in [-0.15, -0.1) is 0 Å². The van der Waals surface area contributed by atoms with E-state index in [9.17, 15) is 9.18 Å². The number of ketones is 1. The van der Waals surface area contributed by atoms with Crippen LogP contribution in [-0.2, 0) is 0 Å². The van der Waals surface area contributed by atoms with Gasteiger partial charge in [0.1, 0.15) is 23.2 Å². The van der Waals surface area contributed by atoms with Crippen molar-refractivity contribution in [1.82, 2.24) is 15.3 Å². The van der Waals surface area contributed by atoms with Crippen molar-refractivity contribution >= 4 is 23.2 Å². The number of anilines is 2. The Balaban J connectivity index is 0.00000243. The zero-order valence-electron chi connectivity index (χ0n) is 14.0. The molecule has 0 radical (unpaired) electrons. The summed E-state index contributed by atoms with van der Waals surface area (Å²) >= 11 is 0. The highest BCUT2D eigenvalue weighted by Gasteiger charge is 2.23. The number of nitrogen functional groups attached to an aromatic ring is 1. The van der Waals surface area contributed by atoms with Crippen molar-refractivity contribution in [2.24, 2.45) is 0 Å². The van der Waals surface area contributed by atoms with E-state index in [2.05, 4.69) is 33.7 Å². The van der Waals surface area contributed by atoms with Crippen LogP contribution in [0.4, 0.5) is 16.0 Å². The third kappa shape index (κ3) is 3.51. The number of nitrogens with zero attached hydrogens (tertiary/aromatic N) is 3. The molecule has 1 fully saturated rings. The third-order valence-corrected chi connectivity index (χ3v) is 4.16. The van der Waals surface area contributed by atoms with Crippen LogP contribution in [0, 0.1) is 0 Å². The minimum absolute atomic E-state index is 0. The van der Waals surface area contributed by atoms with Crippen molar-refractivity contribution < 1.29 is 10.6 Å². The first-order valence-corrected chi connectivity index (χ1v) is 8.06. The monoisotopic (exact) mass is 343 g/mol. The highest BCUT2D eigenvalue weighted by atomic mass is 19.1. The van der Waals surface area contributed by atoms with Gasteiger partial charge in [0.15, 0.2) is 0 Å². The molecular weight excluding hydrogens is 321 g/mol. The fourth-order valence-electron chi connectivity index (χ4n) is 2.89. The molecule has 132 valence electrons. The summed E-state index contributed by atoms with van der Waals surface area (Å²) in [7, 11) is 0. The van der Waals surface area contributed by atoms with Gasteiger partial charge < -0.3 is 16.0 Å². The number of nitrogens with one attached hydrogen (secondary N) is 1. The molecule has 0 amide bonds. The first-order chi connectivity index (χ1) is 12.0. The molecule has 1 saturated heterocycles. The van der Waals surface area contributed by atoms with Crippen molar-refractivity contribution in [3.63, 3.8) is 0 Å². The lowest BCUT2D eigenvalue weighted by atomic mass is 10.0. The van der Waals surface area contributed by atoms with Gasteiger partial charge in [0.2, 0.25) is 5.78 Å². The van der Waals surface area contributed by atoms with E-state index >= 15 is 0 Å². The maximum atomic E-state index is 13.8. The van der Waals surface area contributed by atoms with E-state index in [4.69, 9.17) is 5.73 Å². The van der Waals surface area contributed by atoms with Crippen molar-refractivity contribution in [3.8, 4) is 0 Å². The Kier molecular flexibility index (Phi) is 4.76. The number of hydrogen-bond donors (Lipinski definition) is 2. The van der Waals surface area contributed by atoms with Gasteiger partial charge in [-0.3, -0.25) is 4.79 Å². The van der Waals surface area contributed by atoms with Gasteiger partial charge in [0.05, 0.1) is 5.56 Å². The molecule has 1 atom stereocenters. The second kappa shape index (κ2) is 6.98. The molecule has 1 aliphatic heterocycles. The highest BCUT2D eigenvalue weighted by Crippen LogP contribution is 2.25. The molecule has 0 spiro atoms. The molecule has 2 aromatic rings. The standard InChI is InChI=1S/C18H20FN5O.H2/c1-11-10-24(9-8-21-11)15-6-5-13(12(2)19)16(23-15)17(25)14-4-3-7-22-18(14)20;/h3-7,11,21H,2,8-10H2,1H3,(H2,20,22);1H/t11-;/m0./s1. The number of halogens is 1. The van der Waals surface area contributed by atoms with Crippen LogP contribution in [0.3, 0.4) is 0 Å². The molecule has 25 heavy (non-hydrogen) atoms. The van der Waals surface area contributed by atoms with Crippen LogP contribution < -0.4 is 16.0 Å². The summed E-state index contributed by atoms with van der Waals surface area (Å²) in [5, 5.41) is 3.35. The van der Waals surface area contributed by atoms with Gasteiger partial charge in [-0.25, -0.2) is 14.4 Å². The van der Waals surface area contributed by atoms with E-state index in [0.29, 0.717) is 11.9 Å². The lowest BCUT2D eigenvalue weighted by molar-refractivity contribution is 0.103. The van der Waals surface area contributed by atoms with Gasteiger partial charge >= 0.3 is 0 Å². The van der Waals surface area contributed by atoms with E-state index in [1.165, 1.54) is 12.3 Å². The molecule has 0 aliphatic carbocycles. The number of aromatic nitrogens is 2. The smallest absolute Gasteiger partial charge is 0.215 e. The molecule has 1 aliphatic rings. The molecular formula is C18H22FN5O. The van der Waals surface area contributed by atoms with Gasteiger partial charge in [-0.05, 0) is 31.2 Å². The Hall–Kier alpha value is -2.80.